The quantitative estimate of drug-likeness (QED) is 0.153. The summed E-state index contributed by atoms with van der Waals surface area (Å²) >= 11 is 0. The van der Waals surface area contributed by atoms with E-state index in [0.29, 0.717) is 23.0 Å². The Morgan fingerprint density at radius 2 is 0.676 bits per heavy atom. The van der Waals surface area contributed by atoms with Gasteiger partial charge >= 0.3 is 0 Å². The number of aromatic nitrogens is 3. The minimum Gasteiger partial charge on any atom is -0.208 e. The maximum Gasteiger partial charge on any atom is 0.164 e. The van der Waals surface area contributed by atoms with E-state index in [0.717, 1.165) is 50.4 Å². The minimum absolute atomic E-state index is 0.238. The van der Waals surface area contributed by atoms with Crippen LogP contribution < -0.4 is 0 Å². The van der Waals surface area contributed by atoms with Crippen molar-refractivity contribution >= 4 is 21.5 Å². The van der Waals surface area contributed by atoms with Crippen LogP contribution in [0.4, 0.5) is 0 Å². The van der Waals surface area contributed by atoms with Crippen LogP contribution in [0.15, 0.2) is 206 Å². The summed E-state index contributed by atoms with van der Waals surface area (Å²) < 4.78 is 0. The molecule has 4 fully saturated rings. The molecule has 4 saturated carbocycles. The van der Waals surface area contributed by atoms with Gasteiger partial charge in [-0.1, -0.05) is 182 Å². The number of hydrogen-bond acceptors (Lipinski definition) is 4. The van der Waals surface area contributed by atoms with Gasteiger partial charge in [-0.2, -0.15) is 5.26 Å². The third kappa shape index (κ3) is 7.18. The standard InChI is InChI=1S/C64H48N4/c65-40-42-9-11-47(12-10-42)51-25-29-58(30-26-51)63-36-43-33-44(37-63)39-64(38-43,41-63)59-31-27-52(28-32-59)49-15-13-48(14-16-49)50-17-21-53(22-18-50)60-66-61(56-23-19-45-5-1-3-7-54(45)34-56)68-62(67-60)57-24-20-46-6-2-4-8-55(46)35-57/h1-32,34-35,43-44H,33,36-39,41H2. The van der Waals surface area contributed by atoms with E-state index >= 15 is 0 Å². The maximum absolute atomic E-state index is 9.26. The number of benzene rings is 9. The first-order chi connectivity index (χ1) is 33.4. The summed E-state index contributed by atoms with van der Waals surface area (Å²) in [6.07, 6.45) is 7.87. The molecule has 0 saturated heterocycles. The van der Waals surface area contributed by atoms with Gasteiger partial charge < -0.3 is 0 Å². The van der Waals surface area contributed by atoms with Crippen molar-refractivity contribution in [3.63, 3.8) is 0 Å². The van der Waals surface area contributed by atoms with Gasteiger partial charge in [-0.05, 0) is 152 Å². The lowest BCUT2D eigenvalue weighted by Crippen LogP contribution is -2.55. The molecule has 4 bridgehead atoms. The first-order valence-corrected chi connectivity index (χ1v) is 24.1. The molecule has 68 heavy (non-hydrogen) atoms. The SMILES string of the molecule is N#Cc1ccc(-c2ccc(C34CC5CC(C3)CC(c3ccc(-c6ccc(-c7ccc(-c8nc(-c9ccc%10ccccc%10c9)nc(-c9ccc%10ccccc%10c9)n8)cc7)cc6)cc3)(C5)C4)cc2)cc1. The van der Waals surface area contributed by atoms with E-state index in [1.165, 1.54) is 82.7 Å². The fourth-order valence-electron chi connectivity index (χ4n) is 12.8. The molecule has 0 aliphatic heterocycles. The second kappa shape index (κ2) is 16.1. The topological polar surface area (TPSA) is 62.5 Å². The zero-order valence-corrected chi connectivity index (χ0v) is 37.8. The van der Waals surface area contributed by atoms with Crippen LogP contribution in [-0.4, -0.2) is 15.0 Å². The summed E-state index contributed by atoms with van der Waals surface area (Å²) in [4.78, 5) is 15.2. The molecule has 324 valence electrons. The van der Waals surface area contributed by atoms with Crippen molar-refractivity contribution in [2.24, 2.45) is 11.8 Å². The number of nitriles is 1. The molecule has 14 rings (SSSR count). The monoisotopic (exact) mass is 872 g/mol. The van der Waals surface area contributed by atoms with Crippen molar-refractivity contribution in [1.82, 2.24) is 15.0 Å². The van der Waals surface area contributed by atoms with Gasteiger partial charge in [-0.3, -0.25) is 0 Å². The highest BCUT2D eigenvalue weighted by molar-refractivity contribution is 5.88. The van der Waals surface area contributed by atoms with Gasteiger partial charge in [0.1, 0.15) is 0 Å². The molecule has 0 amide bonds. The highest BCUT2D eigenvalue weighted by Gasteiger charge is 2.58. The lowest BCUT2D eigenvalue weighted by atomic mass is 9.41. The van der Waals surface area contributed by atoms with Crippen molar-refractivity contribution in [1.29, 1.82) is 5.26 Å². The van der Waals surface area contributed by atoms with Crippen molar-refractivity contribution < 1.29 is 0 Å². The van der Waals surface area contributed by atoms with E-state index in [2.05, 4.69) is 200 Å². The predicted octanol–water partition coefficient (Wildman–Crippen LogP) is 15.8. The van der Waals surface area contributed by atoms with Crippen molar-refractivity contribution in [3.8, 4) is 73.6 Å². The third-order valence-corrected chi connectivity index (χ3v) is 15.7. The summed E-state index contributed by atoms with van der Waals surface area (Å²) in [5.74, 6) is 3.53. The summed E-state index contributed by atoms with van der Waals surface area (Å²) in [5.41, 5.74) is 14.3. The fourth-order valence-corrected chi connectivity index (χ4v) is 12.8. The van der Waals surface area contributed by atoms with Crippen LogP contribution in [0.1, 0.15) is 55.2 Å². The van der Waals surface area contributed by atoms with Crippen LogP contribution in [0.25, 0.3) is 89.1 Å². The maximum atomic E-state index is 9.26. The first-order valence-electron chi connectivity index (χ1n) is 24.1. The molecule has 0 spiro atoms. The zero-order chi connectivity index (χ0) is 45.2. The normalized spacial score (nSPS) is 20.4. The number of hydrogen-bond donors (Lipinski definition) is 0. The van der Waals surface area contributed by atoms with Crippen molar-refractivity contribution in [2.45, 2.75) is 49.4 Å². The Morgan fingerprint density at radius 1 is 0.353 bits per heavy atom. The van der Waals surface area contributed by atoms with E-state index in [1.54, 1.807) is 0 Å². The largest absolute Gasteiger partial charge is 0.208 e. The molecule has 1 heterocycles. The van der Waals surface area contributed by atoms with E-state index in [-0.39, 0.29) is 10.8 Å². The first kappa shape index (κ1) is 40.3. The molecule has 1 aromatic heterocycles. The Bertz CT molecular complexity index is 3460. The lowest BCUT2D eigenvalue weighted by Gasteiger charge is -2.63. The fraction of sp³-hybridized carbons (Fsp3) is 0.156. The van der Waals surface area contributed by atoms with Crippen LogP contribution in [-0.2, 0) is 10.8 Å². The van der Waals surface area contributed by atoms with Gasteiger partial charge in [0.15, 0.2) is 17.5 Å². The number of nitrogens with zero attached hydrogens (tertiary/aromatic N) is 4. The molecular weight excluding hydrogens is 825 g/mol. The molecule has 4 heteroatoms. The van der Waals surface area contributed by atoms with Crippen molar-refractivity contribution in [2.75, 3.05) is 0 Å². The summed E-state index contributed by atoms with van der Waals surface area (Å²) in [5, 5.41) is 13.9. The van der Waals surface area contributed by atoms with E-state index in [4.69, 9.17) is 15.0 Å². The smallest absolute Gasteiger partial charge is 0.164 e. The molecule has 0 N–H and O–H groups in total. The van der Waals surface area contributed by atoms with Gasteiger partial charge in [-0.25, -0.2) is 15.0 Å². The van der Waals surface area contributed by atoms with Gasteiger partial charge in [-0.15, -0.1) is 0 Å². The van der Waals surface area contributed by atoms with Gasteiger partial charge in [0.25, 0.3) is 0 Å². The predicted molar refractivity (Wildman–Crippen MR) is 277 cm³/mol. The lowest BCUT2D eigenvalue weighted by molar-refractivity contribution is -0.0281. The Hall–Kier alpha value is -8.00. The molecule has 4 aliphatic rings. The average Bonchev–Trinajstić information content (AvgIpc) is 3.40. The van der Waals surface area contributed by atoms with Gasteiger partial charge in [0.2, 0.25) is 0 Å². The molecule has 4 nitrogen and oxygen atoms in total. The molecule has 2 unspecified atom stereocenters. The third-order valence-electron chi connectivity index (χ3n) is 15.7. The minimum atomic E-state index is 0.238. The average molecular weight is 873 g/mol. The van der Waals surface area contributed by atoms with Crippen LogP contribution in [0.2, 0.25) is 0 Å². The molecular formula is C64H48N4. The van der Waals surface area contributed by atoms with Gasteiger partial charge in [0, 0.05) is 16.7 Å². The Balaban J connectivity index is 0.748. The van der Waals surface area contributed by atoms with E-state index < -0.39 is 0 Å². The highest BCUT2D eigenvalue weighted by Crippen LogP contribution is 2.66. The molecule has 4 aliphatic carbocycles. The number of rotatable bonds is 8. The summed E-state index contributed by atoms with van der Waals surface area (Å²) in [6, 6.07) is 76.5. The zero-order valence-electron chi connectivity index (χ0n) is 37.8. The molecule has 9 aromatic carbocycles. The number of fused-ring (bicyclic) bond motifs is 2. The highest BCUT2D eigenvalue weighted by atomic mass is 15.0. The van der Waals surface area contributed by atoms with Gasteiger partial charge in [0.05, 0.1) is 11.6 Å². The van der Waals surface area contributed by atoms with Crippen LogP contribution in [0, 0.1) is 23.2 Å². The van der Waals surface area contributed by atoms with Crippen LogP contribution >= 0.6 is 0 Å². The van der Waals surface area contributed by atoms with Crippen LogP contribution in [0.5, 0.6) is 0 Å². The van der Waals surface area contributed by atoms with E-state index in [1.807, 2.05) is 12.1 Å². The second-order valence-corrected chi connectivity index (χ2v) is 20.0. The Morgan fingerprint density at radius 3 is 1.07 bits per heavy atom. The van der Waals surface area contributed by atoms with E-state index in [9.17, 15) is 5.26 Å². The Kier molecular flexibility index (Phi) is 9.54. The molecule has 2 atom stereocenters. The molecule has 0 radical (unpaired) electrons. The summed E-state index contributed by atoms with van der Waals surface area (Å²) in [7, 11) is 0. The second-order valence-electron chi connectivity index (χ2n) is 20.0. The summed E-state index contributed by atoms with van der Waals surface area (Å²) in [6.45, 7) is 0. The van der Waals surface area contributed by atoms with Crippen molar-refractivity contribution in [3.05, 3.63) is 223 Å². The molecule has 10 aromatic rings. The Labute approximate surface area is 397 Å². The van der Waals surface area contributed by atoms with Crippen LogP contribution in [0.3, 0.4) is 0 Å².